The molecular weight excluding hydrogens is 314 g/mol. The van der Waals surface area contributed by atoms with Gasteiger partial charge < -0.3 is 19.9 Å². The Morgan fingerprint density at radius 2 is 1.54 bits per heavy atom. The summed E-state index contributed by atoms with van der Waals surface area (Å²) in [5, 5.41) is 0. The van der Waals surface area contributed by atoms with E-state index in [1.54, 1.807) is 20.8 Å². The van der Waals surface area contributed by atoms with Crippen LogP contribution >= 0.6 is 0 Å². The summed E-state index contributed by atoms with van der Waals surface area (Å²) >= 11 is 0. The third kappa shape index (κ3) is 11.0. The third-order valence-corrected chi connectivity index (χ3v) is 3.03. The fourth-order valence-electron chi connectivity index (χ4n) is 1.57. The molecular formula is C17H31NO6. The molecule has 0 aliphatic rings. The number of carbonyl (C=O) groups excluding carboxylic acids is 3. The molecule has 0 aliphatic carbocycles. The summed E-state index contributed by atoms with van der Waals surface area (Å²) in [4.78, 5) is 34.7. The maximum Gasteiger partial charge on any atom is 0.323 e. The van der Waals surface area contributed by atoms with E-state index in [1.165, 1.54) is 0 Å². The Kier molecular flexibility index (Phi) is 8.96. The van der Waals surface area contributed by atoms with Gasteiger partial charge in [0.25, 0.3) is 0 Å². The van der Waals surface area contributed by atoms with E-state index in [0.29, 0.717) is 0 Å². The van der Waals surface area contributed by atoms with Crippen molar-refractivity contribution in [3.05, 3.63) is 0 Å². The molecule has 0 aromatic heterocycles. The Balaban J connectivity index is 3.96. The number of carbonyl (C=O) groups is 3. The third-order valence-electron chi connectivity index (χ3n) is 3.03. The maximum absolute atomic E-state index is 11.7. The topological polar surface area (TPSA) is 105 Å². The van der Waals surface area contributed by atoms with E-state index in [1.807, 2.05) is 0 Å². The average molecular weight is 345 g/mol. The van der Waals surface area contributed by atoms with Crippen LogP contribution in [-0.2, 0) is 28.6 Å². The van der Waals surface area contributed by atoms with Crippen LogP contribution in [0.1, 0.15) is 60.8 Å². The van der Waals surface area contributed by atoms with Gasteiger partial charge in [-0.05, 0) is 39.0 Å². The zero-order chi connectivity index (χ0) is 19.0. The highest BCUT2D eigenvalue weighted by Gasteiger charge is 2.24. The Labute approximate surface area is 144 Å². The van der Waals surface area contributed by atoms with Gasteiger partial charge in [0.1, 0.15) is 6.04 Å². The number of hydrogen-bond donors (Lipinski definition) is 1. The van der Waals surface area contributed by atoms with Crippen LogP contribution in [0.2, 0.25) is 0 Å². The molecule has 24 heavy (non-hydrogen) atoms. The van der Waals surface area contributed by atoms with E-state index >= 15 is 0 Å². The highest BCUT2D eigenvalue weighted by molar-refractivity contribution is 5.82. The van der Waals surface area contributed by atoms with Gasteiger partial charge in [0, 0.05) is 0 Å². The summed E-state index contributed by atoms with van der Waals surface area (Å²) < 4.78 is 14.6. The fraction of sp³-hybridized carbons (Fsp3) is 0.824. The van der Waals surface area contributed by atoms with Crippen molar-refractivity contribution >= 4 is 17.9 Å². The van der Waals surface area contributed by atoms with Crippen molar-refractivity contribution in [1.29, 1.82) is 0 Å². The van der Waals surface area contributed by atoms with E-state index < -0.39 is 36.2 Å². The molecule has 7 heteroatoms. The largest absolute Gasteiger partial charge is 0.465 e. The van der Waals surface area contributed by atoms with Gasteiger partial charge in [0.15, 0.2) is 0 Å². The molecule has 1 atom stereocenters. The molecule has 0 aromatic rings. The van der Waals surface area contributed by atoms with E-state index in [4.69, 9.17) is 19.9 Å². The van der Waals surface area contributed by atoms with Gasteiger partial charge in [-0.25, -0.2) is 0 Å². The van der Waals surface area contributed by atoms with Crippen LogP contribution in [0.3, 0.4) is 0 Å². The Morgan fingerprint density at radius 3 is 2.04 bits per heavy atom. The maximum atomic E-state index is 11.7. The first-order chi connectivity index (χ1) is 10.8. The molecule has 0 radical (unpaired) electrons. The molecule has 0 aromatic carbocycles. The first kappa shape index (κ1) is 22.4. The van der Waals surface area contributed by atoms with Crippen molar-refractivity contribution < 1.29 is 28.6 Å². The smallest absolute Gasteiger partial charge is 0.323 e. The van der Waals surface area contributed by atoms with Crippen molar-refractivity contribution in [1.82, 2.24) is 0 Å². The number of ether oxygens (including phenoxy) is 3. The number of nitrogens with two attached hydrogens (primary N) is 1. The van der Waals surface area contributed by atoms with Crippen LogP contribution in [0.4, 0.5) is 0 Å². The lowest BCUT2D eigenvalue weighted by Gasteiger charge is -2.18. The van der Waals surface area contributed by atoms with Gasteiger partial charge in [-0.2, -0.15) is 0 Å². The molecule has 2 N–H and O–H groups in total. The highest BCUT2D eigenvalue weighted by atomic mass is 16.7. The van der Waals surface area contributed by atoms with E-state index in [9.17, 15) is 14.4 Å². The molecule has 0 spiro atoms. The molecule has 0 rings (SSSR count). The standard InChI is InChI=1S/C17H31NO6/c1-16(2,3)8-7-9-22-14(20)12(18)10-13(19)23-11-24-15(21)17(4,5)6/h12H,7-11,18H2,1-6H3. The molecule has 0 saturated carbocycles. The number of rotatable bonds is 8. The summed E-state index contributed by atoms with van der Waals surface area (Å²) in [6.45, 7) is 11.1. The lowest BCUT2D eigenvalue weighted by molar-refractivity contribution is -0.174. The van der Waals surface area contributed by atoms with E-state index in [2.05, 4.69) is 20.8 Å². The van der Waals surface area contributed by atoms with Crippen molar-refractivity contribution in [2.24, 2.45) is 16.6 Å². The normalized spacial score (nSPS) is 13.1. The van der Waals surface area contributed by atoms with Gasteiger partial charge >= 0.3 is 17.9 Å². The lowest BCUT2D eigenvalue weighted by atomic mass is 9.91. The molecule has 0 heterocycles. The second-order valence-corrected chi connectivity index (χ2v) is 7.96. The van der Waals surface area contributed by atoms with Crippen LogP contribution < -0.4 is 5.73 Å². The number of esters is 3. The molecule has 0 bridgehead atoms. The molecule has 1 unspecified atom stereocenters. The van der Waals surface area contributed by atoms with Gasteiger partial charge in [-0.3, -0.25) is 14.4 Å². The first-order valence-corrected chi connectivity index (χ1v) is 8.08. The summed E-state index contributed by atoms with van der Waals surface area (Å²) in [5.74, 6) is -1.86. The van der Waals surface area contributed by atoms with Crippen LogP contribution in [0.25, 0.3) is 0 Å². The average Bonchev–Trinajstić information content (AvgIpc) is 2.40. The minimum Gasteiger partial charge on any atom is -0.465 e. The second-order valence-electron chi connectivity index (χ2n) is 7.96. The van der Waals surface area contributed by atoms with Crippen molar-refractivity contribution in [2.45, 2.75) is 66.8 Å². The summed E-state index contributed by atoms with van der Waals surface area (Å²) in [6, 6.07) is -1.09. The molecule has 7 nitrogen and oxygen atoms in total. The summed E-state index contributed by atoms with van der Waals surface area (Å²) in [5.41, 5.74) is 5.09. The van der Waals surface area contributed by atoms with Gasteiger partial charge in [-0.15, -0.1) is 0 Å². The van der Waals surface area contributed by atoms with Crippen LogP contribution in [0, 0.1) is 10.8 Å². The monoisotopic (exact) mass is 345 g/mol. The Hall–Kier alpha value is -1.63. The van der Waals surface area contributed by atoms with E-state index in [0.717, 1.165) is 12.8 Å². The SMILES string of the molecule is CC(C)(C)CCCOC(=O)C(N)CC(=O)OCOC(=O)C(C)(C)C. The Bertz CT molecular complexity index is 433. The minimum absolute atomic E-state index is 0.169. The second kappa shape index (κ2) is 9.61. The van der Waals surface area contributed by atoms with Crippen molar-refractivity contribution in [2.75, 3.05) is 13.4 Å². The molecule has 140 valence electrons. The zero-order valence-electron chi connectivity index (χ0n) is 15.6. The van der Waals surface area contributed by atoms with Crippen molar-refractivity contribution in [3.8, 4) is 0 Å². The first-order valence-electron chi connectivity index (χ1n) is 8.08. The molecule has 0 saturated heterocycles. The zero-order valence-corrected chi connectivity index (χ0v) is 15.6. The quantitative estimate of drug-likeness (QED) is 0.408. The Morgan fingerprint density at radius 1 is 0.958 bits per heavy atom. The fourth-order valence-corrected chi connectivity index (χ4v) is 1.57. The van der Waals surface area contributed by atoms with Crippen LogP contribution in [-0.4, -0.2) is 37.3 Å². The highest BCUT2D eigenvalue weighted by Crippen LogP contribution is 2.20. The molecule has 0 aliphatic heterocycles. The molecule has 0 fully saturated rings. The minimum atomic E-state index is -1.09. The predicted molar refractivity (Wildman–Crippen MR) is 88.7 cm³/mol. The van der Waals surface area contributed by atoms with Crippen LogP contribution in [0.15, 0.2) is 0 Å². The lowest BCUT2D eigenvalue weighted by Crippen LogP contribution is -2.35. The van der Waals surface area contributed by atoms with E-state index in [-0.39, 0.29) is 18.4 Å². The summed E-state index contributed by atoms with van der Waals surface area (Å²) in [7, 11) is 0. The van der Waals surface area contributed by atoms with Gasteiger partial charge in [0.05, 0.1) is 18.4 Å². The predicted octanol–water partition coefficient (Wildman–Crippen LogP) is 2.16. The van der Waals surface area contributed by atoms with Gasteiger partial charge in [0.2, 0.25) is 6.79 Å². The molecule has 0 amide bonds. The van der Waals surface area contributed by atoms with Gasteiger partial charge in [-0.1, -0.05) is 20.8 Å². The van der Waals surface area contributed by atoms with Crippen molar-refractivity contribution in [3.63, 3.8) is 0 Å². The number of hydrogen-bond acceptors (Lipinski definition) is 7. The summed E-state index contributed by atoms with van der Waals surface area (Å²) in [6.07, 6.45) is 1.32. The van der Waals surface area contributed by atoms with Crippen LogP contribution in [0.5, 0.6) is 0 Å².